The number of rotatable bonds is 8. The molecule has 3 aromatic carbocycles. The summed E-state index contributed by atoms with van der Waals surface area (Å²) in [5.41, 5.74) is 3.57. The van der Waals surface area contributed by atoms with Gasteiger partial charge in [-0.25, -0.2) is 4.79 Å². The Kier molecular flexibility index (Phi) is 6.95. The number of methoxy groups -OCH3 is 1. The lowest BCUT2D eigenvalue weighted by Gasteiger charge is -2.45. The van der Waals surface area contributed by atoms with Gasteiger partial charge in [-0.3, -0.25) is 29.4 Å². The Morgan fingerprint density at radius 1 is 0.907 bits per heavy atom. The van der Waals surface area contributed by atoms with Gasteiger partial charge >= 0.3 is 5.97 Å². The van der Waals surface area contributed by atoms with Crippen molar-refractivity contribution >= 4 is 35.1 Å². The smallest absolute Gasteiger partial charge is 0.330 e. The van der Waals surface area contributed by atoms with Crippen molar-refractivity contribution in [3.63, 3.8) is 0 Å². The number of nitro benzene ring substituents is 1. The zero-order valence-corrected chi connectivity index (χ0v) is 23.7. The highest BCUT2D eigenvalue weighted by atomic mass is 16.6. The lowest BCUT2D eigenvalue weighted by atomic mass is 9.55. The van der Waals surface area contributed by atoms with Gasteiger partial charge in [0, 0.05) is 24.0 Å². The first-order valence-electron chi connectivity index (χ1n) is 14.0. The number of benzene rings is 3. The van der Waals surface area contributed by atoms with E-state index in [0.717, 1.165) is 27.2 Å². The van der Waals surface area contributed by atoms with Crippen LogP contribution >= 0.6 is 0 Å². The number of esters is 1. The molecule has 0 unspecified atom stereocenters. The lowest BCUT2D eigenvalue weighted by molar-refractivity contribution is -0.383. The predicted molar refractivity (Wildman–Crippen MR) is 153 cm³/mol. The van der Waals surface area contributed by atoms with Crippen LogP contribution in [0.4, 0.5) is 11.4 Å². The van der Waals surface area contributed by atoms with Crippen LogP contribution in [-0.4, -0.2) is 53.3 Å². The highest BCUT2D eigenvalue weighted by molar-refractivity contribution is 6.10. The number of nitro groups is 1. The van der Waals surface area contributed by atoms with Crippen molar-refractivity contribution in [2.75, 3.05) is 19.0 Å². The molecular formula is C32H29N3O8. The molecule has 0 saturated carbocycles. The molecule has 3 aromatic rings. The van der Waals surface area contributed by atoms with E-state index >= 15 is 0 Å². The second-order valence-electron chi connectivity index (χ2n) is 11.3. The molecule has 1 heterocycles. The van der Waals surface area contributed by atoms with Gasteiger partial charge in [0.25, 0.3) is 11.6 Å². The molecule has 2 bridgehead atoms. The van der Waals surface area contributed by atoms with Gasteiger partial charge in [-0.2, -0.15) is 0 Å². The van der Waals surface area contributed by atoms with Crippen molar-refractivity contribution in [1.29, 1.82) is 0 Å². The van der Waals surface area contributed by atoms with E-state index in [-0.39, 0.29) is 29.0 Å². The fraction of sp³-hybridized carbons (Fsp3) is 0.312. The quantitative estimate of drug-likeness (QED) is 0.181. The molecule has 3 amide bonds. The number of nitrogens with zero attached hydrogens (tertiary/aromatic N) is 2. The van der Waals surface area contributed by atoms with E-state index in [1.807, 2.05) is 48.5 Å². The molecule has 220 valence electrons. The Morgan fingerprint density at radius 3 is 1.86 bits per heavy atom. The van der Waals surface area contributed by atoms with Crippen molar-refractivity contribution < 1.29 is 33.6 Å². The van der Waals surface area contributed by atoms with Crippen LogP contribution in [0.2, 0.25) is 0 Å². The van der Waals surface area contributed by atoms with Crippen LogP contribution in [0.15, 0.2) is 66.7 Å². The van der Waals surface area contributed by atoms with E-state index in [1.165, 1.54) is 25.3 Å². The molecule has 0 spiro atoms. The number of hydrogen-bond acceptors (Lipinski definition) is 8. The van der Waals surface area contributed by atoms with Gasteiger partial charge < -0.3 is 14.8 Å². The summed E-state index contributed by atoms with van der Waals surface area (Å²) in [5, 5.41) is 13.8. The maximum atomic E-state index is 14.1. The van der Waals surface area contributed by atoms with Crippen LogP contribution in [0.1, 0.15) is 47.9 Å². The van der Waals surface area contributed by atoms with Crippen LogP contribution in [0, 0.1) is 27.9 Å². The summed E-state index contributed by atoms with van der Waals surface area (Å²) in [6.07, 6.45) is 0. The summed E-state index contributed by atoms with van der Waals surface area (Å²) in [7, 11) is 1.38. The fourth-order valence-corrected chi connectivity index (χ4v) is 6.96. The first kappa shape index (κ1) is 28.1. The third-order valence-corrected chi connectivity index (χ3v) is 8.65. The zero-order valence-electron chi connectivity index (χ0n) is 23.7. The largest absolute Gasteiger partial charge is 0.497 e. The number of carbonyl (C=O) groups excluding carboxylic acids is 4. The molecule has 1 fully saturated rings. The highest BCUT2D eigenvalue weighted by Crippen LogP contribution is 2.61. The van der Waals surface area contributed by atoms with E-state index < -0.39 is 59.0 Å². The number of ether oxygens (including phenoxy) is 2. The molecule has 11 heteroatoms. The fourth-order valence-electron chi connectivity index (χ4n) is 6.96. The minimum absolute atomic E-state index is 0.130. The van der Waals surface area contributed by atoms with Gasteiger partial charge in [-0.1, -0.05) is 62.4 Å². The van der Waals surface area contributed by atoms with E-state index in [4.69, 9.17) is 9.47 Å². The van der Waals surface area contributed by atoms with Crippen molar-refractivity contribution in [2.24, 2.45) is 17.8 Å². The van der Waals surface area contributed by atoms with E-state index in [0.29, 0.717) is 0 Å². The summed E-state index contributed by atoms with van der Waals surface area (Å²) in [6, 6.07) is 18.3. The second-order valence-corrected chi connectivity index (χ2v) is 11.3. The molecule has 7 rings (SSSR count). The number of amides is 3. The van der Waals surface area contributed by atoms with Gasteiger partial charge in [0.1, 0.15) is 17.5 Å². The average Bonchev–Trinajstić information content (AvgIpc) is 3.25. The average molecular weight is 584 g/mol. The molecule has 43 heavy (non-hydrogen) atoms. The van der Waals surface area contributed by atoms with Crippen molar-refractivity contribution in [3.8, 4) is 5.75 Å². The van der Waals surface area contributed by atoms with Crippen LogP contribution in [0.3, 0.4) is 0 Å². The maximum absolute atomic E-state index is 14.1. The molecular weight excluding hydrogens is 554 g/mol. The van der Waals surface area contributed by atoms with Crippen molar-refractivity contribution in [2.45, 2.75) is 31.7 Å². The van der Waals surface area contributed by atoms with Crippen molar-refractivity contribution in [1.82, 2.24) is 4.90 Å². The molecule has 1 aliphatic heterocycles. The van der Waals surface area contributed by atoms with Crippen LogP contribution < -0.4 is 10.1 Å². The SMILES string of the molecule is COc1ccc([N+](=O)[O-])c(NC(=O)COC(=O)[C@H](C(C)C)N2C(=O)[C@H]3C4c5ccccc5C(c5ccccc54)[C@@H]3C2=O)c1. The van der Waals surface area contributed by atoms with E-state index in [2.05, 4.69) is 5.32 Å². The van der Waals surface area contributed by atoms with Gasteiger partial charge in [0.15, 0.2) is 6.61 Å². The molecule has 3 aliphatic carbocycles. The summed E-state index contributed by atoms with van der Waals surface area (Å²) in [5.74, 6) is -4.79. The first-order valence-corrected chi connectivity index (χ1v) is 14.0. The Bertz CT molecular complexity index is 1570. The number of likely N-dealkylation sites (tertiary alicyclic amines) is 1. The molecule has 1 saturated heterocycles. The topological polar surface area (TPSA) is 145 Å². The monoisotopic (exact) mass is 583 g/mol. The highest BCUT2D eigenvalue weighted by Gasteiger charge is 2.63. The van der Waals surface area contributed by atoms with Gasteiger partial charge in [0.2, 0.25) is 11.8 Å². The normalized spacial score (nSPS) is 22.0. The van der Waals surface area contributed by atoms with Gasteiger partial charge in [-0.05, 0) is 34.2 Å². The Hall–Kier alpha value is -5.06. The molecule has 0 aromatic heterocycles. The molecule has 11 nitrogen and oxygen atoms in total. The molecule has 4 aliphatic rings. The van der Waals surface area contributed by atoms with Gasteiger partial charge in [-0.15, -0.1) is 0 Å². The first-order chi connectivity index (χ1) is 20.6. The summed E-state index contributed by atoms with van der Waals surface area (Å²) < 4.78 is 10.4. The summed E-state index contributed by atoms with van der Waals surface area (Å²) in [4.78, 5) is 66.1. The number of nitrogens with one attached hydrogen (secondary N) is 1. The van der Waals surface area contributed by atoms with Crippen LogP contribution in [0.5, 0.6) is 5.75 Å². The van der Waals surface area contributed by atoms with E-state index in [9.17, 15) is 29.3 Å². The molecule has 3 atom stereocenters. The lowest BCUT2D eigenvalue weighted by Crippen LogP contribution is -2.49. The van der Waals surface area contributed by atoms with Crippen LogP contribution in [0.25, 0.3) is 0 Å². The minimum Gasteiger partial charge on any atom is -0.497 e. The van der Waals surface area contributed by atoms with Crippen molar-refractivity contribution in [3.05, 3.63) is 99.1 Å². The number of imide groups is 1. The number of hydrogen-bond donors (Lipinski definition) is 1. The second kappa shape index (κ2) is 10.6. The third kappa shape index (κ3) is 4.43. The molecule has 1 N–H and O–H groups in total. The predicted octanol–water partition coefficient (Wildman–Crippen LogP) is 4.00. The Morgan fingerprint density at radius 2 is 1.42 bits per heavy atom. The maximum Gasteiger partial charge on any atom is 0.330 e. The molecule has 0 radical (unpaired) electrons. The zero-order chi connectivity index (χ0) is 30.6. The van der Waals surface area contributed by atoms with E-state index in [1.54, 1.807) is 13.8 Å². The Balaban J connectivity index is 1.24. The van der Waals surface area contributed by atoms with Crippen LogP contribution in [-0.2, 0) is 23.9 Å². The number of carbonyl (C=O) groups is 4. The van der Waals surface area contributed by atoms with Gasteiger partial charge in [0.05, 0.1) is 23.9 Å². The summed E-state index contributed by atoms with van der Waals surface area (Å²) >= 11 is 0. The standard InChI is InChI=1S/C32H29N3O8/c1-16(2)29(32(39)43-15-24(36)33-22-14-17(42-3)12-13-23(22)35(40)41)34-30(37)27-25-18-8-4-5-9-19(18)26(28(27)31(34)38)21-11-7-6-10-20(21)25/h4-14,16,25-29H,15H2,1-3H3,(H,33,36)/t25?,26?,27-,28-,29-/m0/s1. The Labute approximate surface area is 246 Å². The minimum atomic E-state index is -1.25. The summed E-state index contributed by atoms with van der Waals surface area (Å²) in [6.45, 7) is 2.63. The number of anilines is 1. The third-order valence-electron chi connectivity index (χ3n) is 8.65.